The summed E-state index contributed by atoms with van der Waals surface area (Å²) in [6, 6.07) is 20.7. The van der Waals surface area contributed by atoms with E-state index in [9.17, 15) is 14.0 Å². The van der Waals surface area contributed by atoms with Crippen LogP contribution in [0.5, 0.6) is 11.5 Å². The van der Waals surface area contributed by atoms with Gasteiger partial charge in [-0.25, -0.2) is 4.39 Å². The van der Waals surface area contributed by atoms with Crippen LogP contribution in [-0.2, 0) is 17.9 Å². The van der Waals surface area contributed by atoms with Crippen molar-refractivity contribution in [2.24, 2.45) is 0 Å². The average molecular weight is 459 g/mol. The summed E-state index contributed by atoms with van der Waals surface area (Å²) >= 11 is 0. The van der Waals surface area contributed by atoms with Crippen molar-refractivity contribution < 1.29 is 18.7 Å². The van der Waals surface area contributed by atoms with Crippen LogP contribution in [0.1, 0.15) is 5.56 Å². The summed E-state index contributed by atoms with van der Waals surface area (Å²) < 4.78 is 26.8. The number of benzene rings is 3. The largest absolute Gasteiger partial charge is 0.486 e. The molecule has 2 N–H and O–H groups in total. The van der Waals surface area contributed by atoms with Crippen LogP contribution in [0, 0.1) is 5.82 Å². The smallest absolute Gasteiger partial charge is 0.256 e. The van der Waals surface area contributed by atoms with Crippen LogP contribution < -0.4 is 25.7 Å². The van der Waals surface area contributed by atoms with Crippen molar-refractivity contribution in [3.8, 4) is 11.5 Å². The summed E-state index contributed by atoms with van der Waals surface area (Å²) in [6.45, 7) is 0.811. The first-order valence-electron chi connectivity index (χ1n) is 10.9. The molecule has 1 aliphatic heterocycles. The highest BCUT2D eigenvalue weighted by Gasteiger charge is 2.18. The average Bonchev–Trinajstić information content (AvgIpc) is 2.86. The van der Waals surface area contributed by atoms with E-state index in [0.29, 0.717) is 35.8 Å². The van der Waals surface area contributed by atoms with E-state index in [1.54, 1.807) is 24.3 Å². The number of rotatable bonds is 6. The maximum Gasteiger partial charge on any atom is 0.256 e. The number of para-hydroxylation sites is 2. The molecule has 3 aromatic carbocycles. The molecule has 2 heterocycles. The van der Waals surface area contributed by atoms with Crippen molar-refractivity contribution in [1.29, 1.82) is 0 Å². The number of amides is 1. The zero-order valence-electron chi connectivity index (χ0n) is 18.2. The van der Waals surface area contributed by atoms with E-state index in [4.69, 9.17) is 9.47 Å². The van der Waals surface area contributed by atoms with Gasteiger partial charge in [-0.3, -0.25) is 14.2 Å². The first-order valence-corrected chi connectivity index (χ1v) is 10.9. The number of hydrogen-bond acceptors (Lipinski definition) is 5. The second-order valence-corrected chi connectivity index (χ2v) is 7.86. The molecule has 1 aromatic heterocycles. The Morgan fingerprint density at radius 2 is 1.65 bits per heavy atom. The van der Waals surface area contributed by atoms with Crippen molar-refractivity contribution in [2.75, 3.05) is 23.8 Å². The maximum atomic E-state index is 14.0. The maximum absolute atomic E-state index is 14.0. The van der Waals surface area contributed by atoms with Crippen molar-refractivity contribution in [3.63, 3.8) is 0 Å². The molecule has 4 aromatic rings. The Balaban J connectivity index is 1.53. The lowest BCUT2D eigenvalue weighted by molar-refractivity contribution is -0.116. The number of pyridine rings is 1. The predicted octanol–water partition coefficient (Wildman–Crippen LogP) is 4.16. The standard InChI is InChI=1S/C26H22FN3O4/c27-20-8-4-5-9-21(20)29-25(31)16-30-22-14-24-23(33-10-11-34-24)13-17(22)12-18(26(30)32)15-28-19-6-2-1-3-7-19/h1-9,12-14,28H,10-11,15-16H2,(H,29,31). The number of nitrogens with zero attached hydrogens (tertiary/aromatic N) is 1. The van der Waals surface area contributed by atoms with Crippen LogP contribution in [0.15, 0.2) is 77.6 Å². The molecule has 5 rings (SSSR count). The van der Waals surface area contributed by atoms with Gasteiger partial charge in [0.25, 0.3) is 5.56 Å². The fourth-order valence-electron chi connectivity index (χ4n) is 3.91. The number of halogens is 1. The fourth-order valence-corrected chi connectivity index (χ4v) is 3.91. The van der Waals surface area contributed by atoms with E-state index >= 15 is 0 Å². The number of carbonyl (C=O) groups excluding carboxylic acids is 1. The van der Waals surface area contributed by atoms with E-state index in [0.717, 1.165) is 11.1 Å². The molecule has 0 atom stereocenters. The van der Waals surface area contributed by atoms with Crippen LogP contribution in [-0.4, -0.2) is 23.7 Å². The van der Waals surface area contributed by atoms with Crippen LogP contribution in [0.4, 0.5) is 15.8 Å². The highest BCUT2D eigenvalue weighted by atomic mass is 19.1. The van der Waals surface area contributed by atoms with Gasteiger partial charge in [0, 0.05) is 29.2 Å². The van der Waals surface area contributed by atoms with Gasteiger partial charge in [0.2, 0.25) is 5.91 Å². The number of carbonyl (C=O) groups is 1. The number of nitrogens with one attached hydrogen (secondary N) is 2. The highest BCUT2D eigenvalue weighted by Crippen LogP contribution is 2.34. The van der Waals surface area contributed by atoms with Gasteiger partial charge in [0.1, 0.15) is 25.6 Å². The van der Waals surface area contributed by atoms with Gasteiger partial charge in [0.05, 0.1) is 11.2 Å². The van der Waals surface area contributed by atoms with Gasteiger partial charge in [-0.1, -0.05) is 30.3 Å². The molecule has 1 aliphatic rings. The number of fused-ring (bicyclic) bond motifs is 2. The molecule has 1 amide bonds. The Labute approximate surface area is 194 Å². The Morgan fingerprint density at radius 3 is 2.41 bits per heavy atom. The minimum atomic E-state index is -0.548. The Hall–Kier alpha value is -4.33. The van der Waals surface area contributed by atoms with Crippen LogP contribution in [0.3, 0.4) is 0 Å². The summed E-state index contributed by atoms with van der Waals surface area (Å²) in [5.74, 6) is 0.0309. The molecule has 0 unspecified atom stereocenters. The third-order valence-electron chi connectivity index (χ3n) is 5.54. The summed E-state index contributed by atoms with van der Waals surface area (Å²) in [6.07, 6.45) is 0. The quantitative estimate of drug-likeness (QED) is 0.453. The Kier molecular flexibility index (Phi) is 5.86. The molecule has 172 valence electrons. The van der Waals surface area contributed by atoms with E-state index in [1.807, 2.05) is 30.3 Å². The number of anilines is 2. The fraction of sp³-hybridized carbons (Fsp3) is 0.154. The van der Waals surface area contributed by atoms with E-state index < -0.39 is 11.7 Å². The SMILES string of the molecule is O=C(Cn1c(=O)c(CNc2ccccc2)cc2cc3c(cc21)OCCO3)Nc1ccccc1F. The molecule has 0 radical (unpaired) electrons. The second kappa shape index (κ2) is 9.27. The van der Waals surface area contributed by atoms with Gasteiger partial charge < -0.3 is 20.1 Å². The molecule has 0 saturated carbocycles. The Morgan fingerprint density at radius 1 is 0.941 bits per heavy atom. The minimum absolute atomic E-state index is 0.0564. The van der Waals surface area contributed by atoms with E-state index in [2.05, 4.69) is 10.6 Å². The molecule has 7 nitrogen and oxygen atoms in total. The van der Waals surface area contributed by atoms with Gasteiger partial charge in [-0.15, -0.1) is 0 Å². The van der Waals surface area contributed by atoms with E-state index in [-0.39, 0.29) is 24.3 Å². The second-order valence-electron chi connectivity index (χ2n) is 7.86. The predicted molar refractivity (Wildman–Crippen MR) is 128 cm³/mol. The molecule has 0 spiro atoms. The summed E-state index contributed by atoms with van der Waals surface area (Å²) in [7, 11) is 0. The zero-order valence-corrected chi connectivity index (χ0v) is 18.2. The highest BCUT2D eigenvalue weighted by molar-refractivity contribution is 5.92. The van der Waals surface area contributed by atoms with Crippen molar-refractivity contribution in [2.45, 2.75) is 13.1 Å². The van der Waals surface area contributed by atoms with Crippen LogP contribution >= 0.6 is 0 Å². The topological polar surface area (TPSA) is 81.6 Å². The summed E-state index contributed by atoms with van der Waals surface area (Å²) in [5, 5.41) is 6.51. The summed E-state index contributed by atoms with van der Waals surface area (Å²) in [5.41, 5.74) is 1.61. The summed E-state index contributed by atoms with van der Waals surface area (Å²) in [4.78, 5) is 26.2. The monoisotopic (exact) mass is 459 g/mol. The first kappa shape index (κ1) is 21.5. The zero-order chi connectivity index (χ0) is 23.5. The molecule has 0 saturated heterocycles. The lowest BCUT2D eigenvalue weighted by Gasteiger charge is -2.21. The van der Waals surface area contributed by atoms with Crippen molar-refractivity contribution in [1.82, 2.24) is 4.57 Å². The third kappa shape index (κ3) is 4.43. The van der Waals surface area contributed by atoms with Crippen molar-refractivity contribution in [3.05, 3.63) is 94.5 Å². The minimum Gasteiger partial charge on any atom is -0.486 e. The first-order chi connectivity index (χ1) is 16.6. The third-order valence-corrected chi connectivity index (χ3v) is 5.54. The van der Waals surface area contributed by atoms with Crippen LogP contribution in [0.2, 0.25) is 0 Å². The molecule has 0 bridgehead atoms. The molecule has 34 heavy (non-hydrogen) atoms. The van der Waals surface area contributed by atoms with Crippen molar-refractivity contribution >= 4 is 28.2 Å². The van der Waals surface area contributed by atoms with Gasteiger partial charge in [0.15, 0.2) is 11.5 Å². The van der Waals surface area contributed by atoms with Gasteiger partial charge >= 0.3 is 0 Å². The number of hydrogen-bond donors (Lipinski definition) is 2. The van der Waals surface area contributed by atoms with E-state index in [1.165, 1.54) is 22.8 Å². The molecule has 0 fully saturated rings. The normalized spacial score (nSPS) is 12.4. The van der Waals surface area contributed by atoms with Crippen LogP contribution in [0.25, 0.3) is 10.9 Å². The molecule has 0 aliphatic carbocycles. The van der Waals surface area contributed by atoms with Gasteiger partial charge in [-0.05, 0) is 36.4 Å². The number of aromatic nitrogens is 1. The molecular formula is C26H22FN3O4. The number of ether oxygens (including phenoxy) is 2. The Bertz CT molecular complexity index is 1420. The molecular weight excluding hydrogens is 437 g/mol. The lowest BCUT2D eigenvalue weighted by Crippen LogP contribution is -2.31. The lowest BCUT2D eigenvalue weighted by atomic mass is 10.1. The molecule has 8 heteroatoms. The van der Waals surface area contributed by atoms with Gasteiger partial charge in [-0.2, -0.15) is 0 Å².